The van der Waals surface area contributed by atoms with E-state index in [0.29, 0.717) is 16.6 Å². The molecule has 2 unspecified atom stereocenters. The Bertz CT molecular complexity index is 799. The standard InChI is InChI=1S/C17H15Cl2FN2/c18-10-1-3-15-12(7-10)13-8-11(19)2-4-16(13)22(15)17-5-6-21-9-14(17)20/h1-4,7-8,14,17,21H,5-6,9H2. The first kappa shape index (κ1) is 14.3. The molecule has 1 N–H and O–H groups in total. The van der Waals surface area contributed by atoms with Gasteiger partial charge in [0, 0.05) is 38.4 Å². The molecule has 0 radical (unpaired) electrons. The Kier molecular flexibility index (Phi) is 3.52. The normalized spacial score (nSPS) is 22.5. The molecule has 0 amide bonds. The molecule has 2 heterocycles. The summed E-state index contributed by atoms with van der Waals surface area (Å²) in [5.74, 6) is 0. The van der Waals surface area contributed by atoms with Gasteiger partial charge in [-0.1, -0.05) is 23.2 Å². The van der Waals surface area contributed by atoms with Crippen LogP contribution in [0.3, 0.4) is 0 Å². The Balaban J connectivity index is 2.06. The highest BCUT2D eigenvalue weighted by Crippen LogP contribution is 2.37. The van der Waals surface area contributed by atoms with Crippen molar-refractivity contribution < 1.29 is 4.39 Å². The third kappa shape index (κ3) is 2.19. The Morgan fingerprint density at radius 1 is 1.00 bits per heavy atom. The molecule has 2 atom stereocenters. The summed E-state index contributed by atoms with van der Waals surface area (Å²) < 4.78 is 16.6. The molecule has 0 spiro atoms. The van der Waals surface area contributed by atoms with E-state index in [-0.39, 0.29) is 6.04 Å². The highest BCUT2D eigenvalue weighted by atomic mass is 35.5. The van der Waals surface area contributed by atoms with Gasteiger partial charge in [0.1, 0.15) is 6.17 Å². The van der Waals surface area contributed by atoms with Crippen LogP contribution >= 0.6 is 23.2 Å². The molecule has 1 saturated heterocycles. The number of piperidine rings is 1. The Morgan fingerprint density at radius 2 is 1.59 bits per heavy atom. The molecular weight excluding hydrogens is 322 g/mol. The van der Waals surface area contributed by atoms with Crippen molar-refractivity contribution in [2.45, 2.75) is 18.6 Å². The second-order valence-electron chi connectivity index (χ2n) is 5.77. The van der Waals surface area contributed by atoms with E-state index in [9.17, 15) is 4.39 Å². The molecule has 2 nitrogen and oxygen atoms in total. The summed E-state index contributed by atoms with van der Waals surface area (Å²) >= 11 is 12.3. The number of hydrogen-bond donors (Lipinski definition) is 1. The predicted octanol–water partition coefficient (Wildman–Crippen LogP) is 4.97. The first-order chi connectivity index (χ1) is 10.6. The smallest absolute Gasteiger partial charge is 0.133 e. The van der Waals surface area contributed by atoms with E-state index in [4.69, 9.17) is 23.2 Å². The summed E-state index contributed by atoms with van der Waals surface area (Å²) in [5.41, 5.74) is 2.02. The van der Waals surface area contributed by atoms with Gasteiger partial charge in [0.05, 0.1) is 6.04 Å². The van der Waals surface area contributed by atoms with Gasteiger partial charge in [-0.15, -0.1) is 0 Å². The monoisotopic (exact) mass is 336 g/mol. The van der Waals surface area contributed by atoms with E-state index < -0.39 is 6.17 Å². The minimum Gasteiger partial charge on any atom is -0.334 e. The molecule has 0 bridgehead atoms. The number of nitrogens with one attached hydrogen (secondary N) is 1. The molecule has 1 fully saturated rings. The van der Waals surface area contributed by atoms with Crippen molar-refractivity contribution in [3.63, 3.8) is 0 Å². The summed E-state index contributed by atoms with van der Waals surface area (Å²) in [7, 11) is 0. The summed E-state index contributed by atoms with van der Waals surface area (Å²) in [6.07, 6.45) is -0.135. The van der Waals surface area contributed by atoms with Crippen LogP contribution in [-0.4, -0.2) is 23.8 Å². The van der Waals surface area contributed by atoms with E-state index in [2.05, 4.69) is 9.88 Å². The lowest BCUT2D eigenvalue weighted by Gasteiger charge is -2.29. The lowest BCUT2D eigenvalue weighted by molar-refractivity contribution is 0.190. The van der Waals surface area contributed by atoms with E-state index in [0.717, 1.165) is 34.8 Å². The fourth-order valence-corrected chi connectivity index (χ4v) is 3.80. The van der Waals surface area contributed by atoms with Crippen LogP contribution in [0.1, 0.15) is 12.5 Å². The number of hydrogen-bond acceptors (Lipinski definition) is 1. The molecule has 1 aliphatic rings. The fraction of sp³-hybridized carbons (Fsp3) is 0.294. The maximum Gasteiger partial charge on any atom is 0.133 e. The lowest BCUT2D eigenvalue weighted by Crippen LogP contribution is -2.39. The van der Waals surface area contributed by atoms with Gasteiger partial charge in [-0.25, -0.2) is 4.39 Å². The van der Waals surface area contributed by atoms with E-state index in [1.54, 1.807) is 0 Å². The van der Waals surface area contributed by atoms with Crippen LogP contribution in [0.25, 0.3) is 21.8 Å². The minimum absolute atomic E-state index is 0.163. The first-order valence-electron chi connectivity index (χ1n) is 7.38. The topological polar surface area (TPSA) is 17.0 Å². The number of nitrogens with zero attached hydrogens (tertiary/aromatic N) is 1. The van der Waals surface area contributed by atoms with E-state index in [1.807, 2.05) is 36.4 Å². The van der Waals surface area contributed by atoms with Gasteiger partial charge in [-0.05, 0) is 49.4 Å². The van der Waals surface area contributed by atoms with Crippen LogP contribution in [-0.2, 0) is 0 Å². The second kappa shape index (κ2) is 5.41. The second-order valence-corrected chi connectivity index (χ2v) is 6.64. The lowest BCUT2D eigenvalue weighted by atomic mass is 10.0. The van der Waals surface area contributed by atoms with Crippen molar-refractivity contribution in [3.8, 4) is 0 Å². The van der Waals surface area contributed by atoms with Crippen LogP contribution in [0.5, 0.6) is 0 Å². The van der Waals surface area contributed by atoms with Gasteiger partial charge >= 0.3 is 0 Å². The predicted molar refractivity (Wildman–Crippen MR) is 90.9 cm³/mol. The average Bonchev–Trinajstić information content (AvgIpc) is 2.81. The zero-order valence-corrected chi connectivity index (χ0v) is 13.3. The molecule has 22 heavy (non-hydrogen) atoms. The van der Waals surface area contributed by atoms with Crippen LogP contribution in [0.15, 0.2) is 36.4 Å². The summed E-state index contributed by atoms with van der Waals surface area (Å²) in [4.78, 5) is 0. The third-order valence-electron chi connectivity index (χ3n) is 4.43. The molecule has 114 valence electrons. The van der Waals surface area contributed by atoms with Crippen LogP contribution in [0.4, 0.5) is 4.39 Å². The molecular formula is C17H15Cl2FN2. The average molecular weight is 337 g/mol. The molecule has 3 aromatic rings. The van der Waals surface area contributed by atoms with Gasteiger partial charge in [-0.2, -0.15) is 0 Å². The van der Waals surface area contributed by atoms with Crippen molar-refractivity contribution in [1.29, 1.82) is 0 Å². The van der Waals surface area contributed by atoms with Crippen LogP contribution < -0.4 is 5.32 Å². The van der Waals surface area contributed by atoms with Gasteiger partial charge < -0.3 is 9.88 Å². The number of aromatic nitrogens is 1. The van der Waals surface area contributed by atoms with Crippen molar-refractivity contribution in [1.82, 2.24) is 9.88 Å². The summed E-state index contributed by atoms with van der Waals surface area (Å²) in [6.45, 7) is 1.22. The third-order valence-corrected chi connectivity index (χ3v) is 4.90. The number of alkyl halides is 1. The number of benzene rings is 2. The first-order valence-corrected chi connectivity index (χ1v) is 8.14. The maximum absolute atomic E-state index is 14.5. The van der Waals surface area contributed by atoms with Gasteiger partial charge in [0.15, 0.2) is 0 Å². The largest absolute Gasteiger partial charge is 0.334 e. The van der Waals surface area contributed by atoms with E-state index >= 15 is 0 Å². The highest BCUT2D eigenvalue weighted by molar-refractivity contribution is 6.33. The molecule has 1 aliphatic heterocycles. The minimum atomic E-state index is -0.904. The Morgan fingerprint density at radius 3 is 2.14 bits per heavy atom. The van der Waals surface area contributed by atoms with Crippen LogP contribution in [0.2, 0.25) is 10.0 Å². The number of halogens is 3. The fourth-order valence-electron chi connectivity index (χ4n) is 3.45. The van der Waals surface area contributed by atoms with E-state index in [1.165, 1.54) is 0 Å². The Labute approximate surface area is 137 Å². The zero-order chi connectivity index (χ0) is 15.3. The Hall–Kier alpha value is -1.29. The zero-order valence-electron chi connectivity index (χ0n) is 11.8. The molecule has 4 rings (SSSR count). The van der Waals surface area contributed by atoms with Crippen molar-refractivity contribution >= 4 is 45.0 Å². The van der Waals surface area contributed by atoms with Gasteiger partial charge in [0.25, 0.3) is 0 Å². The summed E-state index contributed by atoms with van der Waals surface area (Å²) in [5, 5.41) is 6.51. The van der Waals surface area contributed by atoms with Crippen LogP contribution in [0, 0.1) is 0 Å². The van der Waals surface area contributed by atoms with Gasteiger partial charge in [-0.3, -0.25) is 0 Å². The maximum atomic E-state index is 14.5. The van der Waals surface area contributed by atoms with Crippen molar-refractivity contribution in [2.24, 2.45) is 0 Å². The summed E-state index contributed by atoms with van der Waals surface area (Å²) in [6, 6.07) is 11.4. The number of fused-ring (bicyclic) bond motifs is 3. The quantitative estimate of drug-likeness (QED) is 0.663. The van der Waals surface area contributed by atoms with Crippen molar-refractivity contribution in [2.75, 3.05) is 13.1 Å². The molecule has 1 aromatic heterocycles. The number of rotatable bonds is 1. The van der Waals surface area contributed by atoms with Crippen molar-refractivity contribution in [3.05, 3.63) is 46.4 Å². The van der Waals surface area contributed by atoms with Gasteiger partial charge in [0.2, 0.25) is 0 Å². The SMILES string of the molecule is FC1CNCCC1n1c2ccc(Cl)cc2c2cc(Cl)ccc21. The molecule has 0 aliphatic carbocycles. The molecule has 2 aromatic carbocycles. The molecule has 5 heteroatoms. The highest BCUT2D eigenvalue weighted by Gasteiger charge is 2.28. The molecule has 0 saturated carbocycles.